The molecule has 10 nitrogen and oxygen atoms in total. The molecule has 1 saturated heterocycles. The predicted molar refractivity (Wildman–Crippen MR) is 129 cm³/mol. The lowest BCUT2D eigenvalue weighted by molar-refractivity contribution is -0.122. The maximum absolute atomic E-state index is 13.7. The molecule has 2 aromatic carbocycles. The molecule has 1 fully saturated rings. The molecule has 2 amide bonds. The molecule has 1 aliphatic rings. The maximum Gasteiger partial charge on any atom is 0.337 e. The Morgan fingerprint density at radius 1 is 1.06 bits per heavy atom. The second-order valence-electron chi connectivity index (χ2n) is 7.91. The number of imide groups is 1. The first kappa shape index (κ1) is 25.0. The molecule has 1 atom stereocenters. The van der Waals surface area contributed by atoms with Gasteiger partial charge < -0.3 is 9.47 Å². The fourth-order valence-electron chi connectivity index (χ4n) is 3.89. The average Bonchev–Trinajstić information content (AvgIpc) is 3.20. The van der Waals surface area contributed by atoms with Crippen molar-refractivity contribution in [3.05, 3.63) is 84.2 Å². The Balaban J connectivity index is 1.70. The van der Waals surface area contributed by atoms with Crippen LogP contribution in [0.2, 0.25) is 0 Å². The van der Waals surface area contributed by atoms with Gasteiger partial charge in [0.2, 0.25) is 15.9 Å². The first-order valence-corrected chi connectivity index (χ1v) is 12.3. The number of amides is 2. The second-order valence-corrected chi connectivity index (χ2v) is 9.80. The molecule has 36 heavy (non-hydrogen) atoms. The van der Waals surface area contributed by atoms with Crippen LogP contribution in [-0.4, -0.2) is 55.8 Å². The zero-order chi connectivity index (χ0) is 25.9. The summed E-state index contributed by atoms with van der Waals surface area (Å²) in [7, 11) is -1.49. The van der Waals surface area contributed by atoms with E-state index in [1.165, 1.54) is 68.9 Å². The summed E-state index contributed by atoms with van der Waals surface area (Å²) >= 11 is 0. The van der Waals surface area contributed by atoms with Crippen molar-refractivity contribution in [2.75, 3.05) is 19.1 Å². The number of pyridine rings is 1. The number of anilines is 1. The number of hydrogen-bond donors (Lipinski definition) is 0. The largest absolute Gasteiger partial charge is 0.497 e. The molecule has 1 aliphatic heterocycles. The number of rotatable bonds is 8. The van der Waals surface area contributed by atoms with Gasteiger partial charge in [-0.25, -0.2) is 18.1 Å². The Hall–Kier alpha value is -4.09. The van der Waals surface area contributed by atoms with E-state index in [2.05, 4.69) is 9.72 Å². The summed E-state index contributed by atoms with van der Waals surface area (Å²) in [4.78, 5) is 43.0. The van der Waals surface area contributed by atoms with Crippen molar-refractivity contribution < 1.29 is 32.3 Å². The number of benzene rings is 2. The highest BCUT2D eigenvalue weighted by Gasteiger charge is 2.47. The van der Waals surface area contributed by atoms with Gasteiger partial charge in [0.15, 0.2) is 0 Å². The zero-order valence-corrected chi connectivity index (χ0v) is 20.3. The van der Waals surface area contributed by atoms with Crippen molar-refractivity contribution in [3.63, 3.8) is 0 Å². The molecule has 0 radical (unpaired) electrons. The molecule has 2 heterocycles. The van der Waals surface area contributed by atoms with E-state index in [9.17, 15) is 22.8 Å². The third-order valence-corrected chi connectivity index (χ3v) is 7.61. The summed E-state index contributed by atoms with van der Waals surface area (Å²) in [6.45, 7) is -0.166. The van der Waals surface area contributed by atoms with Crippen LogP contribution in [0.5, 0.6) is 5.75 Å². The summed E-state index contributed by atoms with van der Waals surface area (Å²) in [6.07, 6.45) is 2.71. The Morgan fingerprint density at radius 2 is 1.75 bits per heavy atom. The van der Waals surface area contributed by atoms with E-state index in [0.29, 0.717) is 11.3 Å². The van der Waals surface area contributed by atoms with Crippen molar-refractivity contribution >= 4 is 33.5 Å². The van der Waals surface area contributed by atoms with Crippen molar-refractivity contribution in [2.45, 2.75) is 23.9 Å². The van der Waals surface area contributed by atoms with E-state index in [0.717, 1.165) is 9.21 Å². The lowest BCUT2D eigenvalue weighted by atomic mass is 10.2. The quantitative estimate of drug-likeness (QED) is 0.335. The summed E-state index contributed by atoms with van der Waals surface area (Å²) in [5.41, 5.74) is 1.02. The van der Waals surface area contributed by atoms with E-state index in [-0.39, 0.29) is 29.1 Å². The van der Waals surface area contributed by atoms with Gasteiger partial charge in [-0.3, -0.25) is 14.6 Å². The summed E-state index contributed by atoms with van der Waals surface area (Å²) in [5.74, 6) is -1.34. The lowest BCUT2D eigenvalue weighted by Gasteiger charge is -2.27. The predicted octanol–water partition coefficient (Wildman–Crippen LogP) is 2.40. The summed E-state index contributed by atoms with van der Waals surface area (Å²) < 4.78 is 38.2. The zero-order valence-electron chi connectivity index (χ0n) is 19.5. The normalized spacial score (nSPS) is 15.9. The van der Waals surface area contributed by atoms with Gasteiger partial charge in [-0.15, -0.1) is 0 Å². The Labute approximate surface area is 208 Å². The molecule has 0 bridgehead atoms. The van der Waals surface area contributed by atoms with Gasteiger partial charge in [-0.2, -0.15) is 4.31 Å². The third kappa shape index (κ3) is 4.83. The standard InChI is InChI=1S/C25H23N3O7S/c1-34-20-9-11-21(12-10-20)36(32,33)27(16-17-4-3-13-26-15-17)22-14-23(29)28(24(22)30)19-7-5-18(6-8-19)25(31)35-2/h3-13,15,22H,14,16H2,1-2H3. The van der Waals surface area contributed by atoms with Gasteiger partial charge >= 0.3 is 5.97 Å². The number of carbonyl (C=O) groups excluding carboxylic acids is 3. The highest BCUT2D eigenvalue weighted by atomic mass is 32.2. The van der Waals surface area contributed by atoms with E-state index >= 15 is 0 Å². The molecular weight excluding hydrogens is 486 g/mol. The molecule has 4 rings (SSSR count). The van der Waals surface area contributed by atoms with Crippen LogP contribution in [0.25, 0.3) is 0 Å². The molecule has 0 N–H and O–H groups in total. The average molecular weight is 510 g/mol. The van der Waals surface area contributed by atoms with Crippen LogP contribution in [0.4, 0.5) is 5.69 Å². The van der Waals surface area contributed by atoms with E-state index in [4.69, 9.17) is 4.74 Å². The van der Waals surface area contributed by atoms with E-state index in [1.807, 2.05) is 0 Å². The first-order valence-electron chi connectivity index (χ1n) is 10.9. The van der Waals surface area contributed by atoms with Crippen molar-refractivity contribution in [2.24, 2.45) is 0 Å². The van der Waals surface area contributed by atoms with Crippen LogP contribution in [0.3, 0.4) is 0 Å². The second kappa shape index (κ2) is 10.3. The summed E-state index contributed by atoms with van der Waals surface area (Å²) in [5, 5.41) is 0. The Morgan fingerprint density at radius 3 is 2.33 bits per heavy atom. The molecule has 3 aromatic rings. The Bertz CT molecular complexity index is 1380. The molecule has 186 valence electrons. The van der Waals surface area contributed by atoms with Gasteiger partial charge in [-0.1, -0.05) is 6.07 Å². The number of aromatic nitrogens is 1. The fraction of sp³-hybridized carbons (Fsp3) is 0.200. The number of ether oxygens (including phenoxy) is 2. The SMILES string of the molecule is COC(=O)c1ccc(N2C(=O)CC(N(Cc3cccnc3)S(=O)(=O)c3ccc(OC)cc3)C2=O)cc1. The van der Waals surface area contributed by atoms with Crippen molar-refractivity contribution in [1.29, 1.82) is 0 Å². The van der Waals surface area contributed by atoms with Crippen LogP contribution in [0.15, 0.2) is 78.0 Å². The minimum absolute atomic E-state index is 0.0479. The van der Waals surface area contributed by atoms with Crippen LogP contribution in [0, 0.1) is 0 Å². The topological polar surface area (TPSA) is 123 Å². The molecular formula is C25H23N3O7S. The van der Waals surface area contributed by atoms with Gasteiger partial charge in [0.05, 0.1) is 36.8 Å². The van der Waals surface area contributed by atoms with Crippen molar-refractivity contribution in [1.82, 2.24) is 9.29 Å². The molecule has 0 spiro atoms. The number of carbonyl (C=O) groups is 3. The maximum atomic E-state index is 13.7. The van der Waals surface area contributed by atoms with Gasteiger partial charge in [0.25, 0.3) is 5.91 Å². The minimum atomic E-state index is -4.20. The smallest absolute Gasteiger partial charge is 0.337 e. The first-order chi connectivity index (χ1) is 17.3. The van der Waals surface area contributed by atoms with Crippen molar-refractivity contribution in [3.8, 4) is 5.75 Å². The van der Waals surface area contributed by atoms with E-state index in [1.54, 1.807) is 18.3 Å². The highest BCUT2D eigenvalue weighted by molar-refractivity contribution is 7.89. The van der Waals surface area contributed by atoms with E-state index < -0.39 is 33.8 Å². The Kier molecular flexibility index (Phi) is 7.13. The number of hydrogen-bond acceptors (Lipinski definition) is 8. The van der Waals surface area contributed by atoms with Crippen LogP contribution in [-0.2, 0) is 30.9 Å². The monoisotopic (exact) mass is 509 g/mol. The van der Waals surface area contributed by atoms with Crippen LogP contribution < -0.4 is 9.64 Å². The van der Waals surface area contributed by atoms with Crippen LogP contribution in [0.1, 0.15) is 22.3 Å². The third-order valence-electron chi connectivity index (χ3n) is 5.74. The highest BCUT2D eigenvalue weighted by Crippen LogP contribution is 2.31. The van der Waals surface area contributed by atoms with Gasteiger partial charge in [0.1, 0.15) is 11.8 Å². The number of methoxy groups -OCH3 is 2. The van der Waals surface area contributed by atoms with Crippen LogP contribution >= 0.6 is 0 Å². The number of nitrogens with zero attached hydrogens (tertiary/aromatic N) is 3. The molecule has 11 heteroatoms. The van der Waals surface area contributed by atoms with Gasteiger partial charge in [-0.05, 0) is 60.2 Å². The molecule has 1 aromatic heterocycles. The fourth-order valence-corrected chi connectivity index (χ4v) is 5.46. The number of sulfonamides is 1. The molecule has 0 saturated carbocycles. The molecule has 0 aliphatic carbocycles. The summed E-state index contributed by atoms with van der Waals surface area (Å²) in [6, 6.07) is 13.6. The minimum Gasteiger partial charge on any atom is -0.497 e. The molecule has 1 unspecified atom stereocenters. The van der Waals surface area contributed by atoms with Gasteiger partial charge in [0, 0.05) is 18.9 Å². The lowest BCUT2D eigenvalue weighted by Crippen LogP contribution is -2.45. The number of esters is 1.